The Hall–Kier alpha value is -2.37. The zero-order valence-corrected chi connectivity index (χ0v) is 17.6. The third-order valence-electron chi connectivity index (χ3n) is 4.21. The van der Waals surface area contributed by atoms with E-state index in [9.17, 15) is 9.90 Å². The number of carboxylic acids is 1. The van der Waals surface area contributed by atoms with Gasteiger partial charge in [0.2, 0.25) is 0 Å². The van der Waals surface area contributed by atoms with Crippen molar-refractivity contribution in [2.75, 3.05) is 12.8 Å². The van der Waals surface area contributed by atoms with E-state index in [0.29, 0.717) is 28.6 Å². The lowest BCUT2D eigenvalue weighted by Crippen LogP contribution is -2.45. The van der Waals surface area contributed by atoms with Crippen LogP contribution < -0.4 is 16.2 Å². The molecule has 0 saturated heterocycles. The summed E-state index contributed by atoms with van der Waals surface area (Å²) in [7, 11) is 1.59. The van der Waals surface area contributed by atoms with Crippen molar-refractivity contribution >= 4 is 50.6 Å². The van der Waals surface area contributed by atoms with Crippen molar-refractivity contribution in [2.45, 2.75) is 35.5 Å². The largest absolute Gasteiger partial charge is 0.497 e. The summed E-state index contributed by atoms with van der Waals surface area (Å²) in [6.45, 7) is 1.78. The van der Waals surface area contributed by atoms with E-state index < -0.39 is 11.5 Å². The Balaban J connectivity index is 2.04. The highest BCUT2D eigenvalue weighted by atomic mass is 79.9. The van der Waals surface area contributed by atoms with Crippen molar-refractivity contribution in [1.82, 2.24) is 19.5 Å². The van der Waals surface area contributed by atoms with Gasteiger partial charge in [0.05, 0.1) is 7.11 Å². The van der Waals surface area contributed by atoms with Gasteiger partial charge in [0.1, 0.15) is 17.6 Å². The third-order valence-corrected chi connectivity index (χ3v) is 6.21. The van der Waals surface area contributed by atoms with Crippen LogP contribution in [0.3, 0.4) is 0 Å². The Morgan fingerprint density at radius 2 is 2.18 bits per heavy atom. The summed E-state index contributed by atoms with van der Waals surface area (Å²) in [5.41, 5.74) is 11.4. The lowest BCUT2D eigenvalue weighted by molar-refractivity contribution is -0.143. The quantitative estimate of drug-likeness (QED) is 0.478. The van der Waals surface area contributed by atoms with Crippen molar-refractivity contribution in [3.8, 4) is 5.75 Å². The highest BCUT2D eigenvalue weighted by Crippen LogP contribution is 2.37. The topological polar surface area (TPSA) is 142 Å². The summed E-state index contributed by atoms with van der Waals surface area (Å²) in [5.74, 6) is -0.118. The number of carbonyl (C=O) groups is 1. The minimum absolute atomic E-state index is 0.185. The minimum atomic E-state index is -1.38. The summed E-state index contributed by atoms with van der Waals surface area (Å²) in [5, 5.41) is 9.90. The molecule has 0 saturated carbocycles. The fourth-order valence-corrected chi connectivity index (χ4v) is 3.90. The Labute approximate surface area is 173 Å². The molecule has 3 rings (SSSR count). The number of carboxylic acid groups (broad SMARTS) is 1. The number of imidazole rings is 1. The third kappa shape index (κ3) is 4.05. The zero-order valence-electron chi connectivity index (χ0n) is 15.2. The van der Waals surface area contributed by atoms with Crippen LogP contribution in [0.4, 0.5) is 5.82 Å². The standard InChI is InChI=1S/C17H19BrN6O3S/c1-17(20,15(25)26)5-6-24-14-12(13(19)21-8-22-14)23-16(24)28-11-7-9(27-2)3-4-10(11)18/h3-4,7-8H,5-6,20H2,1-2H3,(H,25,26)(H2,19,21,22). The molecule has 0 aliphatic rings. The van der Waals surface area contributed by atoms with Crippen LogP contribution in [0, 0.1) is 0 Å². The summed E-state index contributed by atoms with van der Waals surface area (Å²) < 4.78 is 7.96. The Kier molecular flexibility index (Phi) is 5.77. The first-order valence-electron chi connectivity index (χ1n) is 8.23. The monoisotopic (exact) mass is 466 g/mol. The van der Waals surface area contributed by atoms with Gasteiger partial charge in [-0.15, -0.1) is 0 Å². The van der Waals surface area contributed by atoms with E-state index >= 15 is 0 Å². The first-order chi connectivity index (χ1) is 13.2. The fourth-order valence-electron chi connectivity index (χ4n) is 2.45. The molecule has 148 valence electrons. The second-order valence-corrected chi connectivity index (χ2v) is 8.21. The molecular weight excluding hydrogens is 448 g/mol. The lowest BCUT2D eigenvalue weighted by Gasteiger charge is -2.20. The van der Waals surface area contributed by atoms with Gasteiger partial charge >= 0.3 is 5.97 Å². The van der Waals surface area contributed by atoms with E-state index in [1.54, 1.807) is 11.7 Å². The fraction of sp³-hybridized carbons (Fsp3) is 0.294. The second kappa shape index (κ2) is 7.94. The molecule has 5 N–H and O–H groups in total. The van der Waals surface area contributed by atoms with Crippen molar-refractivity contribution in [1.29, 1.82) is 0 Å². The number of aromatic nitrogens is 4. The molecule has 9 nitrogen and oxygen atoms in total. The highest BCUT2D eigenvalue weighted by Gasteiger charge is 2.28. The molecule has 0 spiro atoms. The van der Waals surface area contributed by atoms with E-state index in [4.69, 9.17) is 16.2 Å². The maximum Gasteiger partial charge on any atom is 0.323 e. The van der Waals surface area contributed by atoms with Crippen LogP contribution in [0.25, 0.3) is 11.2 Å². The van der Waals surface area contributed by atoms with Gasteiger partial charge in [-0.1, -0.05) is 11.8 Å². The predicted molar refractivity (Wildman–Crippen MR) is 109 cm³/mol. The number of aryl methyl sites for hydroxylation is 1. The van der Waals surface area contributed by atoms with Crippen LogP contribution in [0.2, 0.25) is 0 Å². The average Bonchev–Trinajstić information content (AvgIpc) is 3.00. The molecule has 0 aliphatic carbocycles. The number of aliphatic carboxylic acids is 1. The van der Waals surface area contributed by atoms with Crippen LogP contribution in [-0.4, -0.2) is 43.2 Å². The van der Waals surface area contributed by atoms with E-state index in [1.807, 2.05) is 18.2 Å². The molecule has 28 heavy (non-hydrogen) atoms. The number of rotatable bonds is 7. The number of nitrogen functional groups attached to an aromatic ring is 1. The molecule has 0 bridgehead atoms. The number of anilines is 1. The molecule has 1 unspecified atom stereocenters. The van der Waals surface area contributed by atoms with Gasteiger partial charge in [-0.05, 0) is 47.5 Å². The lowest BCUT2D eigenvalue weighted by atomic mass is 10.00. The Morgan fingerprint density at radius 1 is 1.43 bits per heavy atom. The first-order valence-corrected chi connectivity index (χ1v) is 9.84. The molecule has 11 heteroatoms. The summed E-state index contributed by atoms with van der Waals surface area (Å²) >= 11 is 4.90. The van der Waals surface area contributed by atoms with E-state index in [-0.39, 0.29) is 12.2 Å². The first kappa shape index (κ1) is 20.4. The van der Waals surface area contributed by atoms with Crippen LogP contribution in [-0.2, 0) is 11.3 Å². The van der Waals surface area contributed by atoms with E-state index in [0.717, 1.165) is 9.37 Å². The van der Waals surface area contributed by atoms with Gasteiger partial charge in [0, 0.05) is 15.9 Å². The van der Waals surface area contributed by atoms with Crippen LogP contribution in [0.1, 0.15) is 13.3 Å². The minimum Gasteiger partial charge on any atom is -0.497 e. The molecule has 0 aliphatic heterocycles. The molecule has 1 aromatic carbocycles. The predicted octanol–water partition coefficient (Wildman–Crippen LogP) is 2.52. The number of benzene rings is 1. The molecular formula is C17H19BrN6O3S. The highest BCUT2D eigenvalue weighted by molar-refractivity contribution is 9.10. The number of fused-ring (bicyclic) bond motifs is 1. The van der Waals surface area contributed by atoms with Gasteiger partial charge in [0.15, 0.2) is 22.1 Å². The van der Waals surface area contributed by atoms with Crippen molar-refractivity contribution in [3.05, 3.63) is 29.0 Å². The maximum atomic E-state index is 11.4. The Morgan fingerprint density at radius 3 is 2.86 bits per heavy atom. The van der Waals surface area contributed by atoms with Gasteiger partial charge in [-0.3, -0.25) is 4.79 Å². The number of ether oxygens (including phenoxy) is 1. The number of methoxy groups -OCH3 is 1. The number of nitrogens with two attached hydrogens (primary N) is 2. The van der Waals surface area contributed by atoms with Crippen LogP contribution >= 0.6 is 27.7 Å². The zero-order chi connectivity index (χ0) is 20.5. The molecule has 2 aromatic heterocycles. The summed E-state index contributed by atoms with van der Waals surface area (Å²) in [6, 6.07) is 5.59. The van der Waals surface area contributed by atoms with Gasteiger partial charge in [-0.2, -0.15) is 0 Å². The van der Waals surface area contributed by atoms with Crippen molar-refractivity contribution in [2.24, 2.45) is 5.73 Å². The van der Waals surface area contributed by atoms with Crippen LogP contribution in [0.15, 0.2) is 39.1 Å². The second-order valence-electron chi connectivity index (χ2n) is 6.35. The van der Waals surface area contributed by atoms with Gasteiger partial charge in [0.25, 0.3) is 0 Å². The maximum absolute atomic E-state index is 11.4. The molecule has 0 radical (unpaired) electrons. The SMILES string of the molecule is COc1ccc(Br)c(Sc2nc3c(N)ncnc3n2CCC(C)(N)C(=O)O)c1. The van der Waals surface area contributed by atoms with Crippen LogP contribution in [0.5, 0.6) is 5.75 Å². The van der Waals surface area contributed by atoms with Gasteiger partial charge in [-0.25, -0.2) is 15.0 Å². The average molecular weight is 467 g/mol. The number of hydrogen-bond donors (Lipinski definition) is 3. The van der Waals surface area contributed by atoms with Crippen molar-refractivity contribution in [3.63, 3.8) is 0 Å². The molecule has 3 aromatic rings. The smallest absolute Gasteiger partial charge is 0.323 e. The summed E-state index contributed by atoms with van der Waals surface area (Å²) in [6.07, 6.45) is 1.54. The number of nitrogens with zero attached hydrogens (tertiary/aromatic N) is 4. The molecule has 2 heterocycles. The number of halogens is 1. The van der Waals surface area contributed by atoms with Crippen molar-refractivity contribution < 1.29 is 14.6 Å². The molecule has 0 amide bonds. The van der Waals surface area contributed by atoms with E-state index in [1.165, 1.54) is 25.0 Å². The number of hydrogen-bond acceptors (Lipinski definition) is 8. The molecule has 1 atom stereocenters. The molecule has 0 fully saturated rings. The normalized spacial score (nSPS) is 13.4. The summed E-state index contributed by atoms with van der Waals surface area (Å²) in [4.78, 5) is 25.1. The van der Waals surface area contributed by atoms with Gasteiger partial charge < -0.3 is 25.9 Å². The van der Waals surface area contributed by atoms with E-state index in [2.05, 4.69) is 30.9 Å². The Bertz CT molecular complexity index is 1040.